The van der Waals surface area contributed by atoms with E-state index < -0.39 is 10.7 Å². The summed E-state index contributed by atoms with van der Waals surface area (Å²) in [7, 11) is -1.21. The van der Waals surface area contributed by atoms with Crippen LogP contribution in [0.2, 0.25) is 0 Å². The lowest BCUT2D eigenvalue weighted by molar-refractivity contribution is 0.411. The predicted octanol–water partition coefficient (Wildman–Crippen LogP) is 3.59. The van der Waals surface area contributed by atoms with Gasteiger partial charge < -0.3 is 9.64 Å². The predicted molar refractivity (Wildman–Crippen MR) is 88.4 cm³/mol. The summed E-state index contributed by atoms with van der Waals surface area (Å²) in [6.07, 6.45) is 0. The molecule has 0 bridgehead atoms. The molecule has 0 amide bonds. The van der Waals surface area contributed by atoms with Gasteiger partial charge in [0.1, 0.15) is 5.75 Å². The third-order valence-corrected chi connectivity index (χ3v) is 4.49. The summed E-state index contributed by atoms with van der Waals surface area (Å²) < 4.78 is 29.1. The molecule has 0 heterocycles. The zero-order valence-corrected chi connectivity index (χ0v) is 14.2. The number of halogens is 1. The van der Waals surface area contributed by atoms with Crippen LogP contribution in [0.1, 0.15) is 6.92 Å². The number of thiol groups is 1. The SMILES string of the molecule is CCN(c1ccccc1)c1cc(Br)c(OC)cc1[SH](=O)=O. The Labute approximate surface area is 134 Å². The van der Waals surface area contributed by atoms with E-state index in [-0.39, 0.29) is 4.90 Å². The van der Waals surface area contributed by atoms with E-state index in [0.717, 1.165) is 10.2 Å². The lowest BCUT2D eigenvalue weighted by atomic mass is 10.2. The van der Waals surface area contributed by atoms with Gasteiger partial charge in [0.2, 0.25) is 0 Å². The maximum absolute atomic E-state index is 11.6. The summed E-state index contributed by atoms with van der Waals surface area (Å²) in [4.78, 5) is 2.20. The maximum Gasteiger partial charge on any atom is 0.170 e. The van der Waals surface area contributed by atoms with Crippen LogP contribution < -0.4 is 9.64 Å². The molecule has 0 radical (unpaired) electrons. The number of ether oxygens (including phenoxy) is 1. The van der Waals surface area contributed by atoms with Gasteiger partial charge in [-0.2, -0.15) is 0 Å². The summed E-state index contributed by atoms with van der Waals surface area (Å²) >= 11 is 3.41. The summed E-state index contributed by atoms with van der Waals surface area (Å²) in [6.45, 7) is 2.63. The fourth-order valence-corrected chi connectivity index (χ4v) is 3.24. The first-order valence-electron chi connectivity index (χ1n) is 6.43. The molecule has 0 atom stereocenters. The van der Waals surface area contributed by atoms with E-state index in [1.54, 1.807) is 6.07 Å². The molecule has 0 aliphatic heterocycles. The molecule has 6 heteroatoms. The van der Waals surface area contributed by atoms with E-state index in [9.17, 15) is 8.42 Å². The lowest BCUT2D eigenvalue weighted by Crippen LogP contribution is -2.17. The summed E-state index contributed by atoms with van der Waals surface area (Å²) in [5.41, 5.74) is 1.57. The molecule has 0 aromatic heterocycles. The fraction of sp³-hybridized carbons (Fsp3) is 0.200. The Morgan fingerprint density at radius 1 is 1.19 bits per heavy atom. The zero-order valence-electron chi connectivity index (χ0n) is 11.7. The summed E-state index contributed by atoms with van der Waals surface area (Å²) in [5, 5.41) is 0. The van der Waals surface area contributed by atoms with Crippen molar-refractivity contribution in [3.63, 3.8) is 0 Å². The van der Waals surface area contributed by atoms with Crippen LogP contribution in [-0.4, -0.2) is 22.1 Å². The highest BCUT2D eigenvalue weighted by Gasteiger charge is 2.17. The maximum atomic E-state index is 11.6. The van der Waals surface area contributed by atoms with Gasteiger partial charge in [-0.3, -0.25) is 0 Å². The zero-order chi connectivity index (χ0) is 15.4. The number of rotatable bonds is 5. The number of para-hydroxylation sites is 1. The number of hydrogen-bond acceptors (Lipinski definition) is 4. The lowest BCUT2D eigenvalue weighted by Gasteiger charge is -2.25. The second kappa shape index (κ2) is 6.95. The van der Waals surface area contributed by atoms with Crippen molar-refractivity contribution in [2.45, 2.75) is 11.8 Å². The number of hydrogen-bond donors (Lipinski definition) is 1. The molecular formula is C15H16BrNO3S. The molecule has 2 aromatic carbocycles. The highest BCUT2D eigenvalue weighted by atomic mass is 79.9. The van der Waals surface area contributed by atoms with E-state index in [1.165, 1.54) is 13.2 Å². The Balaban J connectivity index is 2.63. The van der Waals surface area contributed by atoms with Crippen molar-refractivity contribution in [1.29, 1.82) is 0 Å². The van der Waals surface area contributed by atoms with E-state index in [2.05, 4.69) is 15.9 Å². The van der Waals surface area contributed by atoms with Crippen molar-refractivity contribution in [3.05, 3.63) is 46.9 Å². The fourth-order valence-electron chi connectivity index (χ4n) is 2.15. The van der Waals surface area contributed by atoms with Crippen molar-refractivity contribution >= 4 is 38.0 Å². The third kappa shape index (κ3) is 3.39. The molecule has 0 unspecified atom stereocenters. The van der Waals surface area contributed by atoms with E-state index in [0.29, 0.717) is 18.0 Å². The molecule has 0 aliphatic rings. The van der Waals surface area contributed by atoms with Crippen LogP contribution >= 0.6 is 15.9 Å². The van der Waals surface area contributed by atoms with Gasteiger partial charge >= 0.3 is 0 Å². The first kappa shape index (κ1) is 15.9. The van der Waals surface area contributed by atoms with Crippen molar-refractivity contribution in [2.24, 2.45) is 0 Å². The van der Waals surface area contributed by atoms with Crippen molar-refractivity contribution < 1.29 is 13.2 Å². The number of benzene rings is 2. The monoisotopic (exact) mass is 369 g/mol. The van der Waals surface area contributed by atoms with Crippen molar-refractivity contribution in [2.75, 3.05) is 18.6 Å². The minimum absolute atomic E-state index is 0.246. The van der Waals surface area contributed by atoms with E-state index in [1.807, 2.05) is 42.2 Å². The Bertz CT molecular complexity index is 694. The second-order valence-corrected chi connectivity index (χ2v) is 6.16. The minimum atomic E-state index is -2.72. The molecule has 2 aromatic rings. The first-order valence-corrected chi connectivity index (χ1v) is 8.40. The molecule has 2 rings (SSSR count). The molecule has 0 spiro atoms. The van der Waals surface area contributed by atoms with Crippen LogP contribution in [-0.2, 0) is 10.7 Å². The van der Waals surface area contributed by atoms with E-state index >= 15 is 0 Å². The quantitative estimate of drug-likeness (QED) is 0.818. The van der Waals surface area contributed by atoms with Crippen LogP contribution in [0.4, 0.5) is 11.4 Å². The van der Waals surface area contributed by atoms with Crippen LogP contribution in [0, 0.1) is 0 Å². The summed E-state index contributed by atoms with van der Waals surface area (Å²) in [5.74, 6) is 0.497. The molecule has 0 fully saturated rings. The van der Waals surface area contributed by atoms with Gasteiger partial charge in [-0.15, -0.1) is 0 Å². The van der Waals surface area contributed by atoms with Gasteiger partial charge in [-0.1, -0.05) is 18.2 Å². The molecule has 112 valence electrons. The smallest absolute Gasteiger partial charge is 0.170 e. The van der Waals surface area contributed by atoms with Crippen LogP contribution in [0.3, 0.4) is 0 Å². The van der Waals surface area contributed by atoms with Gasteiger partial charge in [0.25, 0.3) is 0 Å². The van der Waals surface area contributed by atoms with Crippen LogP contribution in [0.15, 0.2) is 51.8 Å². The third-order valence-electron chi connectivity index (χ3n) is 3.12. The minimum Gasteiger partial charge on any atom is -0.496 e. The highest BCUT2D eigenvalue weighted by Crippen LogP contribution is 2.37. The standard InChI is InChI=1S/C15H16BrNO3S/c1-3-17(11-7-5-4-6-8-11)13-9-12(16)14(20-2)10-15(13)21(18)19/h4-10,21H,3H2,1-2H3. The van der Waals surface area contributed by atoms with Crippen LogP contribution in [0.25, 0.3) is 0 Å². The van der Waals surface area contributed by atoms with Gasteiger partial charge in [-0.05, 0) is 41.1 Å². The number of anilines is 2. The second-order valence-electron chi connectivity index (χ2n) is 4.31. The first-order chi connectivity index (χ1) is 10.1. The molecule has 21 heavy (non-hydrogen) atoms. The van der Waals surface area contributed by atoms with Crippen molar-refractivity contribution in [3.8, 4) is 5.75 Å². The molecule has 0 aliphatic carbocycles. The highest BCUT2D eigenvalue weighted by molar-refractivity contribution is 9.10. The van der Waals surface area contributed by atoms with Crippen molar-refractivity contribution in [1.82, 2.24) is 0 Å². The number of methoxy groups -OCH3 is 1. The largest absolute Gasteiger partial charge is 0.496 e. The van der Waals surface area contributed by atoms with E-state index in [4.69, 9.17) is 4.74 Å². The number of nitrogens with zero attached hydrogens (tertiary/aromatic N) is 1. The Hall–Kier alpha value is -1.53. The van der Waals surface area contributed by atoms with Gasteiger partial charge in [0.05, 0.1) is 22.2 Å². The Morgan fingerprint density at radius 2 is 1.86 bits per heavy atom. The Morgan fingerprint density at radius 3 is 2.38 bits per heavy atom. The topological polar surface area (TPSA) is 46.6 Å². The average Bonchev–Trinajstić information content (AvgIpc) is 2.49. The average molecular weight is 370 g/mol. The molecular weight excluding hydrogens is 354 g/mol. The molecule has 0 saturated carbocycles. The summed E-state index contributed by atoms with van der Waals surface area (Å²) in [6, 6.07) is 13.0. The van der Waals surface area contributed by atoms with Gasteiger partial charge in [-0.25, -0.2) is 8.42 Å². The molecule has 4 nitrogen and oxygen atoms in total. The Kier molecular flexibility index (Phi) is 5.25. The van der Waals surface area contributed by atoms with Gasteiger partial charge in [0.15, 0.2) is 10.7 Å². The normalized spacial score (nSPS) is 10.7. The molecule has 0 saturated heterocycles. The van der Waals surface area contributed by atoms with Crippen LogP contribution in [0.5, 0.6) is 5.75 Å². The van der Waals surface area contributed by atoms with Gasteiger partial charge in [0, 0.05) is 18.3 Å². The molecule has 0 N–H and O–H groups in total.